The Morgan fingerprint density at radius 3 is 2.62 bits per heavy atom. The zero-order valence-electron chi connectivity index (χ0n) is 13.8. The van der Waals surface area contributed by atoms with Gasteiger partial charge in [-0.2, -0.15) is 0 Å². The molecule has 0 aliphatic heterocycles. The lowest BCUT2D eigenvalue weighted by Gasteiger charge is -2.28. The Hall–Kier alpha value is -1.55. The molecule has 0 spiro atoms. The van der Waals surface area contributed by atoms with Gasteiger partial charge in [0.25, 0.3) is 0 Å². The van der Waals surface area contributed by atoms with Crippen LogP contribution < -0.4 is 15.8 Å². The molecule has 4 heteroatoms. The maximum atomic E-state index is 11.7. The van der Waals surface area contributed by atoms with Gasteiger partial charge >= 0.3 is 0 Å². The summed E-state index contributed by atoms with van der Waals surface area (Å²) in [6.07, 6.45) is 0.935. The topological polar surface area (TPSA) is 64.3 Å². The zero-order chi connectivity index (χ0) is 16.0. The van der Waals surface area contributed by atoms with E-state index in [4.69, 9.17) is 10.5 Å². The largest absolute Gasteiger partial charge is 0.491 e. The van der Waals surface area contributed by atoms with Crippen LogP contribution in [0.3, 0.4) is 0 Å². The van der Waals surface area contributed by atoms with Crippen molar-refractivity contribution >= 4 is 5.91 Å². The van der Waals surface area contributed by atoms with E-state index in [1.165, 1.54) is 5.56 Å². The van der Waals surface area contributed by atoms with Crippen LogP contribution in [0.15, 0.2) is 18.2 Å². The summed E-state index contributed by atoms with van der Waals surface area (Å²) in [4.78, 5) is 11.7. The molecule has 0 radical (unpaired) electrons. The molecule has 1 atom stereocenters. The summed E-state index contributed by atoms with van der Waals surface area (Å²) in [6, 6.07) is 6.20. The fraction of sp³-hybridized carbons (Fsp3) is 0.588. The molecule has 0 saturated heterocycles. The molecule has 1 aromatic rings. The summed E-state index contributed by atoms with van der Waals surface area (Å²) < 4.78 is 5.89. The third-order valence-electron chi connectivity index (χ3n) is 3.70. The molecule has 0 fully saturated rings. The lowest BCUT2D eigenvalue weighted by atomic mass is 10.0. The van der Waals surface area contributed by atoms with E-state index in [-0.39, 0.29) is 6.61 Å². The first-order valence-electron chi connectivity index (χ1n) is 7.58. The number of hydrogen-bond acceptors (Lipinski definition) is 3. The van der Waals surface area contributed by atoms with Crippen molar-refractivity contribution in [3.63, 3.8) is 0 Å². The van der Waals surface area contributed by atoms with Crippen LogP contribution in [0, 0.1) is 6.92 Å². The molecule has 0 heterocycles. The van der Waals surface area contributed by atoms with Crippen LogP contribution in [0.2, 0.25) is 0 Å². The summed E-state index contributed by atoms with van der Waals surface area (Å²) in [6.45, 7) is 11.1. The first-order valence-corrected chi connectivity index (χ1v) is 7.58. The molecular formula is C17H28N2O2. The smallest absolute Gasteiger partial charge is 0.240 e. The summed E-state index contributed by atoms with van der Waals surface area (Å²) in [7, 11) is 0. The Bertz CT molecular complexity index is 486. The maximum Gasteiger partial charge on any atom is 0.240 e. The minimum atomic E-state index is -0.851. The number of benzene rings is 1. The fourth-order valence-corrected chi connectivity index (χ4v) is 1.96. The predicted molar refractivity (Wildman–Crippen MR) is 86.7 cm³/mol. The Morgan fingerprint density at radius 2 is 2.10 bits per heavy atom. The van der Waals surface area contributed by atoms with Crippen LogP contribution in [-0.4, -0.2) is 24.6 Å². The number of amides is 1. The van der Waals surface area contributed by atoms with Crippen LogP contribution in [0.25, 0.3) is 0 Å². The molecule has 1 unspecified atom stereocenters. The number of nitrogens with one attached hydrogen (secondary N) is 1. The van der Waals surface area contributed by atoms with Crippen LogP contribution in [0.5, 0.6) is 5.75 Å². The highest BCUT2D eigenvalue weighted by molar-refractivity contribution is 5.84. The van der Waals surface area contributed by atoms with Crippen molar-refractivity contribution in [1.82, 2.24) is 5.32 Å². The van der Waals surface area contributed by atoms with Crippen molar-refractivity contribution in [1.29, 1.82) is 0 Å². The Balaban J connectivity index is 2.85. The Labute approximate surface area is 128 Å². The molecule has 0 aromatic heterocycles. The van der Waals surface area contributed by atoms with Crippen molar-refractivity contribution in [2.45, 2.75) is 52.5 Å². The van der Waals surface area contributed by atoms with Crippen molar-refractivity contribution < 1.29 is 9.53 Å². The van der Waals surface area contributed by atoms with Gasteiger partial charge in [-0.15, -0.1) is 0 Å². The second-order valence-corrected chi connectivity index (χ2v) is 6.09. The highest BCUT2D eigenvalue weighted by atomic mass is 16.5. The van der Waals surface area contributed by atoms with Gasteiger partial charge in [0.1, 0.15) is 17.9 Å². The molecule has 3 N–H and O–H groups in total. The van der Waals surface area contributed by atoms with Crippen LogP contribution in [0.1, 0.15) is 51.2 Å². The minimum absolute atomic E-state index is 0.227. The monoisotopic (exact) mass is 292 g/mol. The van der Waals surface area contributed by atoms with Crippen LogP contribution >= 0.6 is 0 Å². The molecule has 118 valence electrons. The standard InChI is InChI=1S/C17H28N2O2/c1-6-9-19-17(5,16(18)20)11-21-15-10-14(12(2)3)8-7-13(15)4/h7-8,10,12,19H,6,9,11H2,1-5H3,(H2,18,20). The normalized spacial score (nSPS) is 14.0. The SMILES string of the molecule is CCCNC(C)(COc1cc(C(C)C)ccc1C)C(N)=O. The van der Waals surface area contributed by atoms with Crippen LogP contribution in [0.4, 0.5) is 0 Å². The number of aryl methyl sites for hydroxylation is 1. The molecule has 0 aliphatic rings. The zero-order valence-corrected chi connectivity index (χ0v) is 13.8. The van der Waals surface area contributed by atoms with E-state index in [9.17, 15) is 4.79 Å². The maximum absolute atomic E-state index is 11.7. The van der Waals surface area contributed by atoms with Gasteiger partial charge in [0, 0.05) is 0 Å². The second kappa shape index (κ2) is 7.46. The number of ether oxygens (including phenoxy) is 1. The highest BCUT2D eigenvalue weighted by Crippen LogP contribution is 2.25. The third-order valence-corrected chi connectivity index (χ3v) is 3.70. The molecule has 1 rings (SSSR count). The number of hydrogen-bond donors (Lipinski definition) is 2. The van der Waals surface area contributed by atoms with Gasteiger partial charge in [-0.3, -0.25) is 4.79 Å². The third kappa shape index (κ3) is 4.74. The van der Waals surface area contributed by atoms with Crippen molar-refractivity contribution in [2.75, 3.05) is 13.2 Å². The minimum Gasteiger partial charge on any atom is -0.491 e. The molecule has 0 aliphatic carbocycles. The van der Waals surface area contributed by atoms with Crippen molar-refractivity contribution in [2.24, 2.45) is 5.73 Å². The van der Waals surface area contributed by atoms with Crippen LogP contribution in [-0.2, 0) is 4.79 Å². The number of carbonyl (C=O) groups excluding carboxylic acids is 1. The highest BCUT2D eigenvalue weighted by Gasteiger charge is 2.31. The second-order valence-electron chi connectivity index (χ2n) is 6.09. The van der Waals surface area contributed by atoms with Gasteiger partial charge in [0.2, 0.25) is 5.91 Å². The lowest BCUT2D eigenvalue weighted by molar-refractivity contribution is -0.125. The molecule has 0 bridgehead atoms. The van der Waals surface area contributed by atoms with E-state index >= 15 is 0 Å². The number of primary amides is 1. The van der Waals surface area contributed by atoms with E-state index in [0.717, 1.165) is 24.3 Å². The lowest BCUT2D eigenvalue weighted by Crippen LogP contribution is -2.57. The number of rotatable bonds is 8. The summed E-state index contributed by atoms with van der Waals surface area (Å²) in [5.74, 6) is 0.856. The molecular weight excluding hydrogens is 264 g/mol. The van der Waals surface area contributed by atoms with Crippen molar-refractivity contribution in [3.8, 4) is 5.75 Å². The predicted octanol–water partition coefficient (Wildman–Crippen LogP) is 2.74. The Kier molecular flexibility index (Phi) is 6.21. The summed E-state index contributed by atoms with van der Waals surface area (Å²) in [5, 5.41) is 3.17. The average Bonchev–Trinajstić information content (AvgIpc) is 2.43. The molecule has 1 amide bonds. The van der Waals surface area contributed by atoms with Gasteiger partial charge in [-0.05, 0) is 49.9 Å². The van der Waals surface area contributed by atoms with E-state index < -0.39 is 11.4 Å². The number of nitrogens with two attached hydrogens (primary N) is 1. The van der Waals surface area contributed by atoms with E-state index in [1.807, 2.05) is 26.0 Å². The quantitative estimate of drug-likeness (QED) is 0.774. The van der Waals surface area contributed by atoms with Gasteiger partial charge in [-0.25, -0.2) is 0 Å². The van der Waals surface area contributed by atoms with E-state index in [0.29, 0.717) is 5.92 Å². The molecule has 21 heavy (non-hydrogen) atoms. The first kappa shape index (κ1) is 17.5. The van der Waals surface area contributed by atoms with E-state index in [2.05, 4.69) is 25.2 Å². The summed E-state index contributed by atoms with van der Waals surface area (Å²) >= 11 is 0. The van der Waals surface area contributed by atoms with E-state index in [1.54, 1.807) is 6.92 Å². The first-order chi connectivity index (χ1) is 9.80. The molecule has 4 nitrogen and oxygen atoms in total. The molecule has 1 aromatic carbocycles. The van der Waals surface area contributed by atoms with Gasteiger partial charge in [0.05, 0.1) is 0 Å². The molecule has 0 saturated carbocycles. The number of carbonyl (C=O) groups is 1. The Morgan fingerprint density at radius 1 is 1.43 bits per heavy atom. The van der Waals surface area contributed by atoms with Gasteiger partial charge in [-0.1, -0.05) is 32.9 Å². The summed E-state index contributed by atoms with van der Waals surface area (Å²) in [5.41, 5.74) is 6.94. The fourth-order valence-electron chi connectivity index (χ4n) is 1.96. The van der Waals surface area contributed by atoms with Crippen molar-refractivity contribution in [3.05, 3.63) is 29.3 Å². The average molecular weight is 292 g/mol. The van der Waals surface area contributed by atoms with Gasteiger partial charge < -0.3 is 15.8 Å². The van der Waals surface area contributed by atoms with Gasteiger partial charge in [0.15, 0.2) is 0 Å².